The molecule has 0 atom stereocenters. The van der Waals surface area contributed by atoms with Crippen LogP contribution in [0.3, 0.4) is 0 Å². The third-order valence-corrected chi connectivity index (χ3v) is 3.09. The average molecular weight is 194 g/mol. The Morgan fingerprint density at radius 3 is 2.20 bits per heavy atom. The highest BCUT2D eigenvalue weighted by Crippen LogP contribution is 2.12. The van der Waals surface area contributed by atoms with Crippen LogP contribution in [0, 0.1) is 6.92 Å². The van der Waals surface area contributed by atoms with Crippen LogP contribution in [0.25, 0.3) is 22.9 Å². The summed E-state index contributed by atoms with van der Waals surface area (Å²) in [6.45, 7) is 2.15. The van der Waals surface area contributed by atoms with Gasteiger partial charge in [-0.25, -0.2) is 0 Å². The van der Waals surface area contributed by atoms with E-state index in [-0.39, 0.29) is 0 Å². The molecule has 0 fully saturated rings. The lowest BCUT2D eigenvalue weighted by molar-refractivity contribution is 1.12. The molecule has 3 rings (SSSR count). The van der Waals surface area contributed by atoms with Gasteiger partial charge in [0.1, 0.15) is 0 Å². The van der Waals surface area contributed by atoms with E-state index in [2.05, 4.69) is 49.4 Å². The minimum atomic E-state index is 1.18. The van der Waals surface area contributed by atoms with Crippen LogP contribution < -0.4 is 10.4 Å². The molecule has 2 aromatic rings. The fourth-order valence-electron chi connectivity index (χ4n) is 2.28. The molecule has 0 heteroatoms. The van der Waals surface area contributed by atoms with Gasteiger partial charge in [0.25, 0.3) is 0 Å². The first-order chi connectivity index (χ1) is 7.33. The van der Waals surface area contributed by atoms with E-state index in [0.717, 1.165) is 0 Å². The summed E-state index contributed by atoms with van der Waals surface area (Å²) < 4.78 is 0. The molecular formula is C15H14. The number of rotatable bonds is 0. The van der Waals surface area contributed by atoms with Gasteiger partial charge in [-0.05, 0) is 53.1 Å². The third kappa shape index (κ3) is 1.46. The lowest BCUT2D eigenvalue weighted by Crippen LogP contribution is -2.26. The van der Waals surface area contributed by atoms with Gasteiger partial charge in [-0.1, -0.05) is 35.9 Å². The summed E-state index contributed by atoms with van der Waals surface area (Å²) in [6.07, 6.45) is 7.06. The maximum atomic E-state index is 2.34. The van der Waals surface area contributed by atoms with E-state index in [1.165, 1.54) is 39.6 Å². The molecule has 0 unspecified atom stereocenters. The normalized spacial score (nSPS) is 14.2. The Morgan fingerprint density at radius 2 is 1.47 bits per heavy atom. The van der Waals surface area contributed by atoms with E-state index in [1.807, 2.05) is 0 Å². The zero-order valence-electron chi connectivity index (χ0n) is 8.96. The lowest BCUT2D eigenvalue weighted by Gasteiger charge is -2.03. The molecule has 0 N–H and O–H groups in total. The topological polar surface area (TPSA) is 0 Å². The maximum absolute atomic E-state index is 2.34. The van der Waals surface area contributed by atoms with E-state index < -0.39 is 0 Å². The monoisotopic (exact) mass is 194 g/mol. The molecule has 1 aliphatic rings. The van der Waals surface area contributed by atoms with Crippen LogP contribution in [-0.4, -0.2) is 0 Å². The molecule has 0 saturated carbocycles. The molecule has 0 spiro atoms. The summed E-state index contributed by atoms with van der Waals surface area (Å²) in [7, 11) is 0. The van der Waals surface area contributed by atoms with Crippen molar-refractivity contribution in [1.82, 2.24) is 0 Å². The van der Waals surface area contributed by atoms with Crippen molar-refractivity contribution in [2.45, 2.75) is 19.8 Å². The summed E-state index contributed by atoms with van der Waals surface area (Å²) in [5, 5.41) is 5.52. The number of hydrogen-bond donors (Lipinski definition) is 0. The molecule has 0 aliphatic heterocycles. The smallest absolute Gasteiger partial charge is 0.0175 e. The molecule has 0 amide bonds. The van der Waals surface area contributed by atoms with Gasteiger partial charge >= 0.3 is 0 Å². The Balaban J connectivity index is 2.47. The average Bonchev–Trinajstić information content (AvgIpc) is 2.26. The number of benzene rings is 2. The Bertz CT molecular complexity index is 633. The van der Waals surface area contributed by atoms with Crippen molar-refractivity contribution >= 4 is 22.9 Å². The lowest BCUT2D eigenvalue weighted by atomic mass is 10.0. The van der Waals surface area contributed by atoms with E-state index in [9.17, 15) is 0 Å². The van der Waals surface area contributed by atoms with E-state index in [0.29, 0.717) is 0 Å². The van der Waals surface area contributed by atoms with Crippen molar-refractivity contribution in [2.24, 2.45) is 0 Å². The van der Waals surface area contributed by atoms with Crippen molar-refractivity contribution in [3.05, 3.63) is 46.3 Å². The SMILES string of the molecule is Cc1ccc2cc3c(cc2c1)=CCCC=3. The van der Waals surface area contributed by atoms with Gasteiger partial charge in [0.05, 0.1) is 0 Å². The predicted octanol–water partition coefficient (Wildman–Crippen LogP) is 2.50. The molecule has 0 heterocycles. The van der Waals surface area contributed by atoms with E-state index in [4.69, 9.17) is 0 Å². The van der Waals surface area contributed by atoms with Gasteiger partial charge in [-0.3, -0.25) is 0 Å². The number of fused-ring (bicyclic) bond motifs is 2. The van der Waals surface area contributed by atoms with Crippen LogP contribution in [-0.2, 0) is 0 Å². The van der Waals surface area contributed by atoms with Gasteiger partial charge in [0.15, 0.2) is 0 Å². The van der Waals surface area contributed by atoms with Gasteiger partial charge in [0, 0.05) is 0 Å². The Labute approximate surface area is 89.6 Å². The van der Waals surface area contributed by atoms with Crippen LogP contribution >= 0.6 is 0 Å². The summed E-state index contributed by atoms with van der Waals surface area (Å²) in [5.41, 5.74) is 1.34. The third-order valence-electron chi connectivity index (χ3n) is 3.09. The Hall–Kier alpha value is -1.56. The second-order valence-corrected chi connectivity index (χ2v) is 4.32. The van der Waals surface area contributed by atoms with Crippen molar-refractivity contribution in [2.75, 3.05) is 0 Å². The largest absolute Gasteiger partial charge is 0.0763 e. The quantitative estimate of drug-likeness (QED) is 0.604. The highest BCUT2D eigenvalue weighted by molar-refractivity contribution is 5.83. The standard InChI is InChI=1S/C15H14/c1-11-6-7-14-9-12-4-2-3-5-13(12)10-15(14)8-11/h4-10H,2-3H2,1H3. The second-order valence-electron chi connectivity index (χ2n) is 4.32. The molecule has 74 valence electrons. The highest BCUT2D eigenvalue weighted by Gasteiger charge is 1.97. The van der Waals surface area contributed by atoms with Gasteiger partial charge < -0.3 is 0 Å². The molecule has 1 aliphatic carbocycles. The van der Waals surface area contributed by atoms with Crippen molar-refractivity contribution < 1.29 is 0 Å². The zero-order chi connectivity index (χ0) is 10.3. The van der Waals surface area contributed by atoms with Crippen LogP contribution in [0.4, 0.5) is 0 Å². The fourth-order valence-corrected chi connectivity index (χ4v) is 2.28. The summed E-state index contributed by atoms with van der Waals surface area (Å²) in [5.74, 6) is 0. The zero-order valence-corrected chi connectivity index (χ0v) is 8.96. The fraction of sp³-hybridized carbons (Fsp3) is 0.200. The van der Waals surface area contributed by atoms with Crippen LogP contribution in [0.1, 0.15) is 18.4 Å². The van der Waals surface area contributed by atoms with Crippen LogP contribution in [0.5, 0.6) is 0 Å². The van der Waals surface area contributed by atoms with Gasteiger partial charge in [-0.2, -0.15) is 0 Å². The molecule has 0 saturated heterocycles. The molecule has 0 aromatic heterocycles. The molecule has 15 heavy (non-hydrogen) atoms. The number of hydrogen-bond acceptors (Lipinski definition) is 0. The molecule has 2 aromatic carbocycles. The van der Waals surface area contributed by atoms with Crippen LogP contribution in [0.2, 0.25) is 0 Å². The second kappa shape index (κ2) is 3.23. The van der Waals surface area contributed by atoms with Crippen molar-refractivity contribution in [1.29, 1.82) is 0 Å². The van der Waals surface area contributed by atoms with Gasteiger partial charge in [-0.15, -0.1) is 0 Å². The minimum Gasteiger partial charge on any atom is -0.0763 e. The minimum absolute atomic E-state index is 1.18. The summed E-state index contributed by atoms with van der Waals surface area (Å²) in [6, 6.07) is 11.3. The first-order valence-electron chi connectivity index (χ1n) is 5.54. The van der Waals surface area contributed by atoms with Crippen LogP contribution in [0.15, 0.2) is 30.3 Å². The highest BCUT2D eigenvalue weighted by atomic mass is 14.0. The van der Waals surface area contributed by atoms with Crippen molar-refractivity contribution in [3.8, 4) is 0 Å². The maximum Gasteiger partial charge on any atom is -0.0175 e. The predicted molar refractivity (Wildman–Crippen MR) is 66.1 cm³/mol. The number of aryl methyl sites for hydroxylation is 1. The summed E-state index contributed by atoms with van der Waals surface area (Å²) in [4.78, 5) is 0. The Morgan fingerprint density at radius 1 is 0.800 bits per heavy atom. The summed E-state index contributed by atoms with van der Waals surface area (Å²) >= 11 is 0. The van der Waals surface area contributed by atoms with E-state index >= 15 is 0 Å². The molecule has 0 nitrogen and oxygen atoms in total. The Kier molecular flexibility index (Phi) is 1.88. The first kappa shape index (κ1) is 8.72. The van der Waals surface area contributed by atoms with Crippen molar-refractivity contribution in [3.63, 3.8) is 0 Å². The first-order valence-corrected chi connectivity index (χ1v) is 5.54. The van der Waals surface area contributed by atoms with E-state index in [1.54, 1.807) is 0 Å². The molecule has 0 bridgehead atoms. The molecule has 0 radical (unpaired) electrons. The van der Waals surface area contributed by atoms with Gasteiger partial charge in [0.2, 0.25) is 0 Å². The molecular weight excluding hydrogens is 180 g/mol.